The zero-order chi connectivity index (χ0) is 7.15. The van der Waals surface area contributed by atoms with Crippen molar-refractivity contribution in [1.82, 2.24) is 0 Å². The molecule has 0 aliphatic heterocycles. The fourth-order valence-corrected chi connectivity index (χ4v) is 0. The predicted octanol–water partition coefficient (Wildman–Crippen LogP) is 0.321. The second-order valence-electron chi connectivity index (χ2n) is 0.928. The topological polar surface area (TPSA) is 74.6 Å². The third kappa shape index (κ3) is 537. The van der Waals surface area contributed by atoms with Crippen molar-refractivity contribution < 1.29 is 18.9 Å². The van der Waals surface area contributed by atoms with Crippen molar-refractivity contribution >= 4 is 39.1 Å². The van der Waals surface area contributed by atoms with Crippen LogP contribution in [0.3, 0.4) is 0 Å². The summed E-state index contributed by atoms with van der Waals surface area (Å²) in [6, 6.07) is 0. The lowest BCUT2D eigenvalue weighted by Crippen LogP contribution is -1.35. The van der Waals surface area contributed by atoms with Gasteiger partial charge in [0.2, 0.25) is 0 Å². The van der Waals surface area contributed by atoms with E-state index in [4.69, 9.17) is 18.9 Å². The summed E-state index contributed by atoms with van der Waals surface area (Å²) >= 11 is 0. The van der Waals surface area contributed by atoms with Crippen LogP contribution in [0.5, 0.6) is 0 Å². The summed E-state index contributed by atoms with van der Waals surface area (Å²) in [4.78, 5) is 15.1. The highest BCUT2D eigenvalue weighted by Gasteiger charge is 1.86. The van der Waals surface area contributed by atoms with Crippen LogP contribution in [0.4, 0.5) is 0 Å². The Kier molecular flexibility index (Phi) is 21.3. The molecular formula is C2H8MgO4P2+2. The lowest BCUT2D eigenvalue weighted by Gasteiger charge is -1.36. The molecule has 2 atom stereocenters. The summed E-state index contributed by atoms with van der Waals surface area (Å²) in [5.41, 5.74) is 0. The average Bonchev–Trinajstić information content (AvgIpc) is 1.25. The molecule has 0 aromatic heterocycles. The second kappa shape index (κ2) is 11.7. The lowest BCUT2D eigenvalue weighted by molar-refractivity contribution is 0.508. The Labute approximate surface area is 71.6 Å². The minimum Gasteiger partial charge on any atom is -0.161 e. The molecule has 0 amide bonds. The maximum absolute atomic E-state index is 9.15. The van der Waals surface area contributed by atoms with E-state index in [2.05, 4.69) is 0 Å². The Balaban J connectivity index is -0.0000000720. The van der Waals surface area contributed by atoms with E-state index in [9.17, 15) is 0 Å². The minimum absolute atomic E-state index is 0. The van der Waals surface area contributed by atoms with Gasteiger partial charge < -0.3 is 0 Å². The van der Waals surface area contributed by atoms with Crippen LogP contribution in [0.1, 0.15) is 0 Å². The number of hydrogen-bond donors (Lipinski definition) is 2. The molecule has 4 nitrogen and oxygen atoms in total. The first-order valence-electron chi connectivity index (χ1n) is 1.66. The van der Waals surface area contributed by atoms with Gasteiger partial charge in [-0.3, -0.25) is 0 Å². The molecule has 9 heavy (non-hydrogen) atoms. The van der Waals surface area contributed by atoms with Crippen LogP contribution >= 0.6 is 16.1 Å². The summed E-state index contributed by atoms with van der Waals surface area (Å²) in [7, 11) is -3.74. The van der Waals surface area contributed by atoms with E-state index in [1.54, 1.807) is 0 Å². The van der Waals surface area contributed by atoms with Crippen molar-refractivity contribution in [3.63, 3.8) is 0 Å². The van der Waals surface area contributed by atoms with Crippen LogP contribution in [-0.4, -0.2) is 46.2 Å². The van der Waals surface area contributed by atoms with Crippen LogP contribution < -0.4 is 0 Å². The first-order valence-corrected chi connectivity index (χ1v) is 4.98. The molecule has 2 N–H and O–H groups in total. The molecule has 0 heterocycles. The maximum Gasteiger partial charge on any atom is 0.502 e. The van der Waals surface area contributed by atoms with E-state index in [-0.39, 0.29) is 23.1 Å². The van der Waals surface area contributed by atoms with Gasteiger partial charge in [0.25, 0.3) is 0 Å². The molecule has 0 fully saturated rings. The highest BCUT2D eigenvalue weighted by atomic mass is 31.1. The quantitative estimate of drug-likeness (QED) is 0.418. The largest absolute Gasteiger partial charge is 0.502 e. The van der Waals surface area contributed by atoms with Crippen molar-refractivity contribution in [2.24, 2.45) is 0 Å². The van der Waals surface area contributed by atoms with E-state index >= 15 is 0 Å². The van der Waals surface area contributed by atoms with E-state index in [1.165, 1.54) is 13.3 Å². The van der Waals surface area contributed by atoms with E-state index in [0.717, 1.165) is 0 Å². The average molecular weight is 182 g/mol. The van der Waals surface area contributed by atoms with Crippen LogP contribution in [0.25, 0.3) is 0 Å². The summed E-state index contributed by atoms with van der Waals surface area (Å²) in [6.45, 7) is 2.46. The van der Waals surface area contributed by atoms with Crippen LogP contribution in [0.15, 0.2) is 0 Å². The summed E-state index contributed by atoms with van der Waals surface area (Å²) in [5.74, 6) is 0. The third-order valence-electron chi connectivity index (χ3n) is 0. The molecule has 0 spiro atoms. The van der Waals surface area contributed by atoms with Crippen molar-refractivity contribution in [2.45, 2.75) is 0 Å². The van der Waals surface area contributed by atoms with Crippen LogP contribution in [-0.2, 0) is 9.13 Å². The molecule has 0 saturated carbocycles. The molecule has 2 unspecified atom stereocenters. The molecule has 0 aliphatic rings. The van der Waals surface area contributed by atoms with E-state index in [0.29, 0.717) is 0 Å². The Hall–Kier alpha value is 0.886. The highest BCUT2D eigenvalue weighted by Crippen LogP contribution is 2.00. The molecule has 0 aromatic carbocycles. The number of rotatable bonds is 0. The molecule has 0 rings (SSSR count). The molecule has 2 radical (unpaired) electrons. The van der Waals surface area contributed by atoms with Gasteiger partial charge in [-0.2, -0.15) is 9.79 Å². The summed E-state index contributed by atoms with van der Waals surface area (Å²) in [5, 5.41) is 0. The predicted molar refractivity (Wildman–Crippen MR) is 37.3 cm³/mol. The monoisotopic (exact) mass is 182 g/mol. The van der Waals surface area contributed by atoms with Gasteiger partial charge >= 0.3 is 16.1 Å². The van der Waals surface area contributed by atoms with E-state index < -0.39 is 16.1 Å². The molecule has 7 heteroatoms. The highest BCUT2D eigenvalue weighted by molar-refractivity contribution is 7.37. The van der Waals surface area contributed by atoms with Gasteiger partial charge in [-0.15, -0.1) is 0 Å². The van der Waals surface area contributed by atoms with Crippen LogP contribution in [0, 0.1) is 0 Å². The molecule has 50 valence electrons. The number of hydrogen-bond acceptors (Lipinski definition) is 2. The Morgan fingerprint density at radius 3 is 1.00 bits per heavy atom. The van der Waals surface area contributed by atoms with Gasteiger partial charge in [-0.05, 0) is 9.13 Å². The fraction of sp³-hybridized carbons (Fsp3) is 1.00. The summed E-state index contributed by atoms with van der Waals surface area (Å²) in [6.07, 6.45) is 0. The minimum atomic E-state index is -1.87. The van der Waals surface area contributed by atoms with Gasteiger partial charge in [-0.1, -0.05) is 0 Å². The van der Waals surface area contributed by atoms with Gasteiger partial charge in [0.05, 0.1) is 0 Å². The fourth-order valence-electron chi connectivity index (χ4n) is 0. The molecule has 0 bridgehead atoms. The summed E-state index contributed by atoms with van der Waals surface area (Å²) < 4.78 is 18.3. The Morgan fingerprint density at radius 2 is 1.00 bits per heavy atom. The SMILES string of the molecule is C[P+](=O)O.C[P+](=O)O.[Mg]. The van der Waals surface area contributed by atoms with Gasteiger partial charge in [0.1, 0.15) is 0 Å². The normalized spacial score (nSPS) is 9.78. The van der Waals surface area contributed by atoms with Gasteiger partial charge in [0.15, 0.2) is 13.3 Å². The van der Waals surface area contributed by atoms with Crippen molar-refractivity contribution in [1.29, 1.82) is 0 Å². The molecular weight excluding hydrogens is 174 g/mol. The van der Waals surface area contributed by atoms with E-state index in [1.807, 2.05) is 0 Å². The van der Waals surface area contributed by atoms with Crippen molar-refractivity contribution in [3.8, 4) is 0 Å². The standard InChI is InChI=1S/2CH3O2P.Mg/c2*1-4(2)3;/h2*1H3;/p+2. The van der Waals surface area contributed by atoms with Gasteiger partial charge in [-0.25, -0.2) is 0 Å². The smallest absolute Gasteiger partial charge is 0.161 e. The molecule has 0 aliphatic carbocycles. The van der Waals surface area contributed by atoms with Crippen molar-refractivity contribution in [3.05, 3.63) is 0 Å². The second-order valence-corrected chi connectivity index (χ2v) is 2.79. The Bertz CT molecular complexity index is 74.6. The van der Waals surface area contributed by atoms with Gasteiger partial charge in [0, 0.05) is 23.1 Å². The third-order valence-corrected chi connectivity index (χ3v) is 0. The van der Waals surface area contributed by atoms with Crippen molar-refractivity contribution in [2.75, 3.05) is 13.3 Å². The first kappa shape index (κ1) is 16.5. The first-order chi connectivity index (χ1) is 3.46. The van der Waals surface area contributed by atoms with Crippen LogP contribution in [0.2, 0.25) is 0 Å². The lowest BCUT2D eigenvalue weighted by atomic mass is 12.0. The zero-order valence-corrected chi connectivity index (χ0v) is 8.52. The Morgan fingerprint density at radius 1 is 1.00 bits per heavy atom. The molecule has 0 aromatic rings. The maximum atomic E-state index is 9.15. The molecule has 0 saturated heterocycles. The zero-order valence-electron chi connectivity index (χ0n) is 5.31.